The van der Waals surface area contributed by atoms with Crippen LogP contribution < -0.4 is 21.9 Å². The summed E-state index contributed by atoms with van der Waals surface area (Å²) in [5, 5.41) is 25.5. The molecule has 0 saturated heterocycles. The molecule has 2 aliphatic rings. The molecule has 0 radical (unpaired) electrons. The first-order valence-corrected chi connectivity index (χ1v) is 14.8. The van der Waals surface area contributed by atoms with Gasteiger partial charge in [0.2, 0.25) is 12.2 Å². The van der Waals surface area contributed by atoms with Crippen molar-refractivity contribution in [2.24, 2.45) is 11.7 Å². The van der Waals surface area contributed by atoms with E-state index in [1.54, 1.807) is 0 Å². The number of hydrogen-bond donors (Lipinski definition) is 5. The van der Waals surface area contributed by atoms with E-state index in [1.807, 2.05) is 32.9 Å². The van der Waals surface area contributed by atoms with Crippen LogP contribution in [0.3, 0.4) is 0 Å². The van der Waals surface area contributed by atoms with Gasteiger partial charge in [-0.25, -0.2) is 0 Å². The molecule has 0 bridgehead atoms. The summed E-state index contributed by atoms with van der Waals surface area (Å²) in [6.07, 6.45) is 7.85. The Morgan fingerprint density at radius 1 is 1.16 bits per heavy atom. The zero-order valence-electron chi connectivity index (χ0n) is 25.8. The van der Waals surface area contributed by atoms with E-state index < -0.39 is 35.4 Å². The number of allylic oxidation sites excluding steroid dienone is 7. The topological polar surface area (TPSA) is 193 Å². The zero-order chi connectivity index (χ0) is 32.6. The quantitative estimate of drug-likeness (QED) is 0.228. The minimum absolute atomic E-state index is 0. The normalized spacial score (nSPS) is 21.6. The Balaban J connectivity index is 0.00000331. The van der Waals surface area contributed by atoms with Crippen LogP contribution >= 0.6 is 0 Å². The number of amides is 3. The summed E-state index contributed by atoms with van der Waals surface area (Å²) in [6, 6.07) is 3.73. The van der Waals surface area contributed by atoms with Gasteiger partial charge in [-0.3, -0.25) is 24.0 Å². The second-order valence-electron chi connectivity index (χ2n) is 9.82. The third kappa shape index (κ3) is 12.1. The first-order chi connectivity index (χ1) is 21.1. The van der Waals surface area contributed by atoms with Crippen LogP contribution in [-0.4, -0.2) is 75.9 Å². The SMILES string of the molecule is CC.CCC1CC2=C(CCC=C2)O[C@H](O)CC(=O)/C=C\C=C(/N)C(=O)NCCN(CCNC(=O)c2cccc(=O)n2O)C1=O.[Fe]. The van der Waals surface area contributed by atoms with E-state index in [9.17, 15) is 34.3 Å². The van der Waals surface area contributed by atoms with Crippen molar-refractivity contribution in [3.8, 4) is 0 Å². The summed E-state index contributed by atoms with van der Waals surface area (Å²) in [4.78, 5) is 64.1. The number of ketones is 1. The number of nitrogens with two attached hydrogens (primary N) is 1. The third-order valence-corrected chi connectivity index (χ3v) is 6.81. The van der Waals surface area contributed by atoms with Gasteiger partial charge < -0.3 is 36.3 Å². The Labute approximate surface area is 273 Å². The summed E-state index contributed by atoms with van der Waals surface area (Å²) in [5.41, 5.74) is 5.37. The number of rotatable bonds is 5. The fourth-order valence-corrected chi connectivity index (χ4v) is 4.51. The number of carbonyl (C=O) groups excluding carboxylic acids is 4. The van der Waals surface area contributed by atoms with Gasteiger partial charge in [0, 0.05) is 61.7 Å². The molecule has 0 fully saturated rings. The van der Waals surface area contributed by atoms with Crippen molar-refractivity contribution in [2.45, 2.75) is 59.2 Å². The number of nitrogens with zero attached hydrogens (tertiary/aromatic N) is 2. The fourth-order valence-electron chi connectivity index (χ4n) is 4.51. The molecule has 1 aromatic rings. The number of hydrogen-bond acceptors (Lipinski definition) is 9. The van der Waals surface area contributed by atoms with Crippen molar-refractivity contribution in [3.63, 3.8) is 0 Å². The molecule has 1 aromatic heterocycles. The van der Waals surface area contributed by atoms with Crippen LogP contribution in [0.25, 0.3) is 0 Å². The Bertz CT molecular complexity index is 1370. The monoisotopic (exact) mass is 669 g/mol. The Hall–Kier alpha value is -4.13. The molecule has 45 heavy (non-hydrogen) atoms. The number of aliphatic hydroxyl groups excluding tert-OH is 1. The molecule has 6 N–H and O–H groups in total. The van der Waals surface area contributed by atoms with E-state index in [-0.39, 0.29) is 71.7 Å². The van der Waals surface area contributed by atoms with Crippen LogP contribution in [-0.2, 0) is 36.2 Å². The molecular weight excluding hydrogens is 626 g/mol. The number of ether oxygens (including phenoxy) is 1. The molecule has 1 unspecified atom stereocenters. The standard InChI is InChI=1S/C29H37N5O8.C2H6.Fe/c1-2-19-17-20-7-3-4-11-24(20)42-26(37)18-21(35)8-5-9-22(30)27(38)31-13-15-33(29(19)40)16-14-32-28(39)23-10-6-12-25(36)34(23)41;1-2;/h3,5-10,12,19,26,37,41H,2,4,11,13-18,30H2,1H3,(H,31,38)(H,32,39);1-2H3;/b8-5-,22-9-;;/t19?,26-;;/m0../s1. The summed E-state index contributed by atoms with van der Waals surface area (Å²) >= 11 is 0. The predicted molar refractivity (Wildman–Crippen MR) is 163 cm³/mol. The molecule has 1 aliphatic carbocycles. The van der Waals surface area contributed by atoms with Gasteiger partial charge in [-0.05, 0) is 43.1 Å². The summed E-state index contributed by atoms with van der Waals surface area (Å²) < 4.78 is 5.96. The van der Waals surface area contributed by atoms with Gasteiger partial charge in [-0.1, -0.05) is 45.1 Å². The van der Waals surface area contributed by atoms with Gasteiger partial charge in [0.1, 0.15) is 11.5 Å². The Morgan fingerprint density at radius 2 is 1.89 bits per heavy atom. The molecule has 3 rings (SSSR count). The van der Waals surface area contributed by atoms with Crippen molar-refractivity contribution < 1.29 is 51.3 Å². The largest absolute Gasteiger partial charge is 0.469 e. The number of nitrogens with one attached hydrogen (secondary N) is 2. The smallest absolute Gasteiger partial charge is 0.283 e. The van der Waals surface area contributed by atoms with E-state index in [0.717, 1.165) is 11.6 Å². The molecule has 0 spiro atoms. The van der Waals surface area contributed by atoms with Crippen molar-refractivity contribution in [2.75, 3.05) is 26.2 Å². The van der Waals surface area contributed by atoms with Crippen molar-refractivity contribution in [1.29, 1.82) is 0 Å². The molecule has 2 atom stereocenters. The van der Waals surface area contributed by atoms with Crippen LogP contribution in [0.4, 0.5) is 0 Å². The average molecular weight is 670 g/mol. The Morgan fingerprint density at radius 3 is 2.60 bits per heavy atom. The number of carbonyl (C=O) groups is 4. The average Bonchev–Trinajstić information content (AvgIpc) is 3.01. The maximum Gasteiger partial charge on any atom is 0.283 e. The zero-order valence-corrected chi connectivity index (χ0v) is 26.9. The van der Waals surface area contributed by atoms with Crippen LogP contribution in [0.15, 0.2) is 70.4 Å². The van der Waals surface area contributed by atoms with Crippen LogP contribution in [0.5, 0.6) is 0 Å². The van der Waals surface area contributed by atoms with Gasteiger partial charge in [0.25, 0.3) is 17.4 Å². The van der Waals surface area contributed by atoms with Crippen LogP contribution in [0, 0.1) is 5.92 Å². The summed E-state index contributed by atoms with van der Waals surface area (Å²) in [7, 11) is 0. The maximum atomic E-state index is 13.7. The molecule has 0 aromatic carbocycles. The van der Waals surface area contributed by atoms with Crippen LogP contribution in [0.1, 0.15) is 63.4 Å². The second kappa shape index (κ2) is 20.0. The van der Waals surface area contributed by atoms with E-state index >= 15 is 0 Å². The maximum absolute atomic E-state index is 13.7. The number of aromatic nitrogens is 1. The van der Waals surface area contributed by atoms with Crippen molar-refractivity contribution in [1.82, 2.24) is 20.3 Å². The number of pyridine rings is 1. The molecule has 13 nitrogen and oxygen atoms in total. The van der Waals surface area contributed by atoms with Crippen molar-refractivity contribution in [3.05, 3.63) is 81.7 Å². The summed E-state index contributed by atoms with van der Waals surface area (Å²) in [5.74, 6) is -1.92. The molecule has 3 amide bonds. The first kappa shape index (κ1) is 38.9. The van der Waals surface area contributed by atoms with E-state index in [2.05, 4.69) is 10.6 Å². The number of aliphatic hydroxyl groups is 1. The van der Waals surface area contributed by atoms with E-state index in [4.69, 9.17) is 10.5 Å². The molecule has 248 valence electrons. The van der Waals surface area contributed by atoms with Gasteiger partial charge >= 0.3 is 0 Å². The molecular formula is C31H43FeN5O8. The van der Waals surface area contributed by atoms with Gasteiger partial charge in [0.15, 0.2) is 5.78 Å². The van der Waals surface area contributed by atoms with E-state index in [0.29, 0.717) is 31.4 Å². The second-order valence-corrected chi connectivity index (χ2v) is 9.82. The predicted octanol–water partition coefficient (Wildman–Crippen LogP) is 1.51. The van der Waals surface area contributed by atoms with Gasteiger partial charge in [-0.15, -0.1) is 4.73 Å². The third-order valence-electron chi connectivity index (χ3n) is 6.81. The minimum Gasteiger partial charge on any atom is -0.469 e. The molecule has 14 heteroatoms. The minimum atomic E-state index is -1.39. The van der Waals surface area contributed by atoms with Gasteiger partial charge in [-0.2, -0.15) is 0 Å². The van der Waals surface area contributed by atoms with Crippen molar-refractivity contribution >= 4 is 23.5 Å². The van der Waals surface area contributed by atoms with Crippen LogP contribution in [0.2, 0.25) is 0 Å². The van der Waals surface area contributed by atoms with E-state index in [1.165, 1.54) is 35.3 Å². The first-order valence-electron chi connectivity index (χ1n) is 14.8. The fraction of sp³-hybridized carbons (Fsp3) is 0.452. The molecule has 1 aliphatic heterocycles. The Kier molecular flexibility index (Phi) is 17.3. The summed E-state index contributed by atoms with van der Waals surface area (Å²) in [6.45, 7) is 6.11. The molecule has 0 saturated carbocycles. The molecule has 2 heterocycles. The van der Waals surface area contributed by atoms with Gasteiger partial charge in [0.05, 0.1) is 12.1 Å².